The first-order chi connectivity index (χ1) is 13.2. The largest absolute Gasteiger partial charge is 0.511 e. The van der Waals surface area contributed by atoms with E-state index in [0.29, 0.717) is 24.2 Å². The van der Waals surface area contributed by atoms with E-state index in [1.54, 1.807) is 30.3 Å². The summed E-state index contributed by atoms with van der Waals surface area (Å²) in [5.74, 6) is -0.414. The van der Waals surface area contributed by atoms with Crippen molar-refractivity contribution in [2.45, 2.75) is 32.1 Å². The van der Waals surface area contributed by atoms with E-state index in [1.165, 1.54) is 5.54 Å². The maximum absolute atomic E-state index is 12.7. The van der Waals surface area contributed by atoms with Crippen molar-refractivity contribution in [2.75, 3.05) is 17.6 Å². The van der Waals surface area contributed by atoms with E-state index in [4.69, 9.17) is 16.4 Å². The molecular weight excluding hydrogens is 404 g/mol. The zero-order chi connectivity index (χ0) is 20.7. The topological polar surface area (TPSA) is 105 Å². The fraction of sp³-hybridized carbons (Fsp3) is 0.368. The van der Waals surface area contributed by atoms with Gasteiger partial charge in [-0.2, -0.15) is 0 Å². The van der Waals surface area contributed by atoms with Gasteiger partial charge in [-0.3, -0.25) is 9.52 Å². The third kappa shape index (κ3) is 6.10. The molecule has 1 atom stereocenters. The number of rotatable bonds is 8. The summed E-state index contributed by atoms with van der Waals surface area (Å²) >= 11 is 5.42. The Morgan fingerprint density at radius 3 is 2.57 bits per heavy atom. The van der Waals surface area contributed by atoms with Crippen molar-refractivity contribution >= 4 is 38.8 Å². The monoisotopic (exact) mass is 426 g/mol. The maximum atomic E-state index is 12.7. The molecule has 0 radical (unpaired) electrons. The molecule has 1 aromatic carbocycles. The maximum Gasteiger partial charge on any atom is 0.229 e. The van der Waals surface area contributed by atoms with Gasteiger partial charge in [-0.15, -0.1) is 0 Å². The first-order valence-corrected chi connectivity index (χ1v) is 11.1. The molecule has 0 spiro atoms. The van der Waals surface area contributed by atoms with Crippen LogP contribution in [0.5, 0.6) is 0 Å². The summed E-state index contributed by atoms with van der Waals surface area (Å²) in [6.45, 7) is 2.00. The molecule has 0 fully saturated rings. The fourth-order valence-electron chi connectivity index (χ4n) is 2.98. The second-order valence-corrected chi connectivity index (χ2v) is 8.40. The van der Waals surface area contributed by atoms with Crippen LogP contribution in [0.25, 0.3) is 0 Å². The zero-order valence-electron chi connectivity index (χ0n) is 15.7. The number of nitrogens with one attached hydrogen (secondary N) is 1. The molecule has 0 aromatic heterocycles. The summed E-state index contributed by atoms with van der Waals surface area (Å²) in [6.07, 6.45) is 3.59. The Morgan fingerprint density at radius 2 is 2.04 bits per heavy atom. The van der Waals surface area contributed by atoms with Gasteiger partial charge >= 0.3 is 0 Å². The molecule has 1 unspecified atom stereocenters. The standard InChI is InChI=1S/C19H23ClN2O5S/c1-3-16(21-27-10-4-9-20)19-17(23)11-14(12-18(19)24)13-5-7-15(8-6-13)22-28(2,25)26/h4-9,14,22-23H,3,10-12H2,1-2H3. The van der Waals surface area contributed by atoms with E-state index >= 15 is 0 Å². The second kappa shape index (κ2) is 9.75. The number of Topliss-reactive ketones (excluding diaryl/α,β-unsaturated/α-hetero) is 1. The van der Waals surface area contributed by atoms with Gasteiger partial charge in [-0.25, -0.2) is 8.42 Å². The summed E-state index contributed by atoms with van der Waals surface area (Å²) in [7, 11) is -3.35. The van der Waals surface area contributed by atoms with Crippen LogP contribution in [0.2, 0.25) is 0 Å². The van der Waals surface area contributed by atoms with Gasteiger partial charge in [-0.1, -0.05) is 35.8 Å². The van der Waals surface area contributed by atoms with E-state index in [2.05, 4.69) is 9.88 Å². The lowest BCUT2D eigenvalue weighted by Gasteiger charge is -2.24. The Balaban J connectivity index is 2.17. The van der Waals surface area contributed by atoms with Crippen molar-refractivity contribution in [2.24, 2.45) is 5.16 Å². The Hall–Kier alpha value is -2.32. The van der Waals surface area contributed by atoms with E-state index in [0.717, 1.165) is 11.8 Å². The van der Waals surface area contributed by atoms with Crippen LogP contribution in [0.1, 0.15) is 37.7 Å². The van der Waals surface area contributed by atoms with E-state index in [-0.39, 0.29) is 36.1 Å². The lowest BCUT2D eigenvalue weighted by atomic mass is 9.81. The van der Waals surface area contributed by atoms with Gasteiger partial charge in [0.05, 0.1) is 17.5 Å². The molecule has 0 saturated carbocycles. The lowest BCUT2D eigenvalue weighted by molar-refractivity contribution is -0.116. The number of aliphatic hydroxyl groups excluding tert-OH is 1. The van der Waals surface area contributed by atoms with Crippen molar-refractivity contribution in [3.63, 3.8) is 0 Å². The minimum absolute atomic E-state index is 0.0170. The molecule has 1 aromatic rings. The van der Waals surface area contributed by atoms with Crippen LogP contribution in [0.3, 0.4) is 0 Å². The fourth-order valence-corrected chi connectivity index (χ4v) is 3.61. The average molecular weight is 427 g/mol. The highest BCUT2D eigenvalue weighted by atomic mass is 35.5. The van der Waals surface area contributed by atoms with Gasteiger partial charge < -0.3 is 9.94 Å². The van der Waals surface area contributed by atoms with E-state index in [1.807, 2.05) is 6.92 Å². The number of aliphatic hydroxyl groups is 1. The molecule has 1 aliphatic rings. The van der Waals surface area contributed by atoms with E-state index in [9.17, 15) is 18.3 Å². The SMILES string of the molecule is CCC(=NOCC=CCl)C1=C(O)CC(c2ccc(NS(C)(=O)=O)cc2)CC1=O. The Morgan fingerprint density at radius 1 is 1.36 bits per heavy atom. The third-order valence-corrected chi connectivity index (χ3v) is 4.97. The van der Waals surface area contributed by atoms with Gasteiger partial charge in [0.15, 0.2) is 5.78 Å². The number of carbonyl (C=O) groups is 1. The third-order valence-electron chi connectivity index (χ3n) is 4.18. The predicted molar refractivity (Wildman–Crippen MR) is 110 cm³/mol. The first-order valence-electron chi connectivity index (χ1n) is 8.72. The van der Waals surface area contributed by atoms with Gasteiger partial charge in [0.1, 0.15) is 12.4 Å². The molecule has 28 heavy (non-hydrogen) atoms. The molecule has 2 N–H and O–H groups in total. The van der Waals surface area contributed by atoms with Crippen LogP contribution in [0, 0.1) is 0 Å². The number of nitrogens with zero attached hydrogens (tertiary/aromatic N) is 1. The Labute approximate surface area is 169 Å². The number of benzene rings is 1. The smallest absolute Gasteiger partial charge is 0.229 e. The molecule has 9 heteroatoms. The van der Waals surface area contributed by atoms with Crippen molar-refractivity contribution < 1.29 is 23.2 Å². The minimum Gasteiger partial charge on any atom is -0.511 e. The van der Waals surface area contributed by atoms with Gasteiger partial charge in [-0.05, 0) is 36.1 Å². The number of oxime groups is 1. The molecule has 0 heterocycles. The molecule has 0 amide bonds. The summed E-state index contributed by atoms with van der Waals surface area (Å²) in [4.78, 5) is 17.8. The summed E-state index contributed by atoms with van der Waals surface area (Å²) in [5.41, 5.74) is 3.21. The molecule has 1 aliphatic carbocycles. The van der Waals surface area contributed by atoms with Gasteiger partial charge in [0.25, 0.3) is 0 Å². The highest BCUT2D eigenvalue weighted by Gasteiger charge is 2.31. The summed E-state index contributed by atoms with van der Waals surface area (Å²) in [6, 6.07) is 6.77. The zero-order valence-corrected chi connectivity index (χ0v) is 17.3. The highest BCUT2D eigenvalue weighted by Crippen LogP contribution is 2.35. The number of sulfonamides is 1. The highest BCUT2D eigenvalue weighted by molar-refractivity contribution is 7.92. The molecule has 0 bridgehead atoms. The van der Waals surface area contributed by atoms with E-state index < -0.39 is 10.0 Å². The van der Waals surface area contributed by atoms with Crippen molar-refractivity contribution in [1.29, 1.82) is 0 Å². The lowest BCUT2D eigenvalue weighted by Crippen LogP contribution is -2.23. The van der Waals surface area contributed by atoms with Crippen molar-refractivity contribution in [3.8, 4) is 0 Å². The van der Waals surface area contributed by atoms with Gasteiger partial charge in [0.2, 0.25) is 10.0 Å². The molecule has 2 rings (SSSR count). The van der Waals surface area contributed by atoms with Crippen LogP contribution in [-0.4, -0.2) is 37.9 Å². The summed E-state index contributed by atoms with van der Waals surface area (Å²) < 4.78 is 25.0. The van der Waals surface area contributed by atoms with Crippen LogP contribution in [-0.2, 0) is 19.7 Å². The van der Waals surface area contributed by atoms with Crippen molar-refractivity contribution in [3.05, 3.63) is 52.8 Å². The normalized spacial score (nSPS) is 18.6. The Bertz CT molecular complexity index is 905. The first kappa shape index (κ1) is 22.0. The number of hydrogen-bond acceptors (Lipinski definition) is 6. The Kier molecular flexibility index (Phi) is 7.65. The molecule has 7 nitrogen and oxygen atoms in total. The molecular formula is C19H23ClN2O5S. The average Bonchev–Trinajstić information content (AvgIpc) is 2.62. The van der Waals surface area contributed by atoms with Gasteiger partial charge in [0, 0.05) is 24.1 Å². The minimum atomic E-state index is -3.35. The van der Waals surface area contributed by atoms with Crippen LogP contribution < -0.4 is 4.72 Å². The number of allylic oxidation sites excluding steroid dienone is 2. The summed E-state index contributed by atoms with van der Waals surface area (Å²) in [5, 5.41) is 14.4. The van der Waals surface area contributed by atoms with Crippen LogP contribution in [0.4, 0.5) is 5.69 Å². The molecule has 152 valence electrons. The van der Waals surface area contributed by atoms with Crippen LogP contribution >= 0.6 is 11.6 Å². The van der Waals surface area contributed by atoms with Crippen LogP contribution in [0.15, 0.2) is 52.4 Å². The second-order valence-electron chi connectivity index (χ2n) is 6.40. The number of hydrogen-bond donors (Lipinski definition) is 2. The molecule has 0 saturated heterocycles. The number of anilines is 1. The molecule has 0 aliphatic heterocycles. The predicted octanol–water partition coefficient (Wildman–Crippen LogP) is 3.85. The number of halogens is 1. The quantitative estimate of drug-likeness (QED) is 0.373. The number of ketones is 1. The number of carbonyl (C=O) groups excluding carboxylic acids is 1. The van der Waals surface area contributed by atoms with Crippen molar-refractivity contribution in [1.82, 2.24) is 0 Å².